The molecule has 26 heavy (non-hydrogen) atoms. The molecule has 4 nitrogen and oxygen atoms in total. The van der Waals surface area contributed by atoms with E-state index in [9.17, 15) is 8.42 Å². The fourth-order valence-corrected chi connectivity index (χ4v) is 5.49. The zero-order valence-corrected chi connectivity index (χ0v) is 15.5. The quantitative estimate of drug-likeness (QED) is 0.505. The van der Waals surface area contributed by atoms with Gasteiger partial charge in [-0.3, -0.25) is 9.29 Å². The van der Waals surface area contributed by atoms with Gasteiger partial charge in [-0.1, -0.05) is 42.5 Å². The highest BCUT2D eigenvalue weighted by atomic mass is 32.2. The van der Waals surface area contributed by atoms with Crippen LogP contribution >= 0.6 is 11.3 Å². The number of nitrogens with zero attached hydrogens (tertiary/aromatic N) is 2. The third-order valence-electron chi connectivity index (χ3n) is 4.04. The van der Waals surface area contributed by atoms with E-state index >= 15 is 0 Å². The standard InChI is InChI=1S/C20H16N2O2S2/c23-26(24,18-9-2-1-3-10-18)22(15-16-7-6-12-21-14-16)20-13-17-8-4-5-11-19(17)25-20/h1-14H,15H2. The maximum Gasteiger partial charge on any atom is 0.265 e. The van der Waals surface area contributed by atoms with Gasteiger partial charge in [-0.15, -0.1) is 11.3 Å². The number of aromatic nitrogens is 1. The molecule has 0 aliphatic heterocycles. The SMILES string of the molecule is O=S(=O)(c1ccccc1)N(Cc1cccnc1)c1cc2ccccc2s1. The number of sulfonamides is 1. The molecule has 2 aromatic heterocycles. The molecule has 4 aromatic rings. The Bertz CT molecular complexity index is 1090. The molecule has 0 N–H and O–H groups in total. The van der Waals surface area contributed by atoms with Crippen LogP contribution in [0.3, 0.4) is 0 Å². The largest absolute Gasteiger partial charge is 0.265 e. The molecule has 0 unspecified atom stereocenters. The van der Waals surface area contributed by atoms with Gasteiger partial charge in [0, 0.05) is 17.1 Å². The zero-order valence-electron chi connectivity index (χ0n) is 13.8. The Morgan fingerprint density at radius 2 is 1.69 bits per heavy atom. The average molecular weight is 380 g/mol. The Morgan fingerprint density at radius 1 is 0.923 bits per heavy atom. The summed E-state index contributed by atoms with van der Waals surface area (Å²) >= 11 is 1.47. The summed E-state index contributed by atoms with van der Waals surface area (Å²) in [4.78, 5) is 4.39. The van der Waals surface area contributed by atoms with Crippen molar-refractivity contribution < 1.29 is 8.42 Å². The first-order chi connectivity index (χ1) is 12.6. The van der Waals surface area contributed by atoms with Crippen molar-refractivity contribution in [3.05, 3.63) is 90.8 Å². The van der Waals surface area contributed by atoms with Crippen LogP contribution in [0.15, 0.2) is 90.1 Å². The number of hydrogen-bond donors (Lipinski definition) is 0. The molecule has 4 rings (SSSR count). The van der Waals surface area contributed by atoms with Crippen molar-refractivity contribution in [1.82, 2.24) is 4.98 Å². The van der Waals surface area contributed by atoms with Crippen LogP contribution in [-0.2, 0) is 16.6 Å². The number of pyridine rings is 1. The molecule has 6 heteroatoms. The molecule has 0 amide bonds. The monoisotopic (exact) mass is 380 g/mol. The lowest BCUT2D eigenvalue weighted by atomic mass is 10.2. The highest BCUT2D eigenvalue weighted by Crippen LogP contribution is 2.36. The molecule has 0 atom stereocenters. The summed E-state index contributed by atoms with van der Waals surface area (Å²) in [6, 6.07) is 22.1. The minimum Gasteiger partial charge on any atom is -0.264 e. The summed E-state index contributed by atoms with van der Waals surface area (Å²) in [5, 5.41) is 1.73. The van der Waals surface area contributed by atoms with Crippen LogP contribution in [0, 0.1) is 0 Å². The van der Waals surface area contributed by atoms with E-state index in [2.05, 4.69) is 4.98 Å². The minimum atomic E-state index is -3.68. The molecule has 0 fully saturated rings. The highest BCUT2D eigenvalue weighted by Gasteiger charge is 2.26. The fraction of sp³-hybridized carbons (Fsp3) is 0.0500. The number of thiophene rings is 1. The van der Waals surface area contributed by atoms with E-state index in [0.29, 0.717) is 5.00 Å². The second kappa shape index (κ2) is 6.90. The number of benzene rings is 2. The maximum atomic E-state index is 13.3. The topological polar surface area (TPSA) is 50.3 Å². The Morgan fingerprint density at radius 3 is 2.42 bits per heavy atom. The van der Waals surface area contributed by atoms with Gasteiger partial charge in [0.15, 0.2) is 0 Å². The van der Waals surface area contributed by atoms with Gasteiger partial charge in [0.25, 0.3) is 10.0 Å². The van der Waals surface area contributed by atoms with E-state index in [0.717, 1.165) is 15.6 Å². The molecule has 0 radical (unpaired) electrons. The Hall–Kier alpha value is -2.70. The lowest BCUT2D eigenvalue weighted by Crippen LogP contribution is -2.29. The Kier molecular flexibility index (Phi) is 4.44. The number of fused-ring (bicyclic) bond motifs is 1. The van der Waals surface area contributed by atoms with E-state index in [1.165, 1.54) is 15.6 Å². The lowest BCUT2D eigenvalue weighted by molar-refractivity contribution is 0.590. The Labute approximate surface area is 156 Å². The van der Waals surface area contributed by atoms with E-state index in [-0.39, 0.29) is 11.4 Å². The maximum absolute atomic E-state index is 13.3. The average Bonchev–Trinajstić information content (AvgIpc) is 3.11. The van der Waals surface area contributed by atoms with Crippen molar-refractivity contribution in [2.45, 2.75) is 11.4 Å². The predicted molar refractivity (Wildman–Crippen MR) is 106 cm³/mol. The Balaban J connectivity index is 1.84. The first-order valence-corrected chi connectivity index (χ1v) is 10.4. The molecule has 0 saturated heterocycles. The summed E-state index contributed by atoms with van der Waals surface area (Å²) in [5.74, 6) is 0. The molecule has 0 spiro atoms. The van der Waals surface area contributed by atoms with Gasteiger partial charge in [-0.25, -0.2) is 8.42 Å². The highest BCUT2D eigenvalue weighted by molar-refractivity contribution is 7.93. The molecule has 2 aromatic carbocycles. The molecule has 0 saturated carbocycles. The first kappa shape index (κ1) is 16.8. The van der Waals surface area contributed by atoms with Gasteiger partial charge < -0.3 is 0 Å². The smallest absolute Gasteiger partial charge is 0.264 e. The van der Waals surface area contributed by atoms with Crippen molar-refractivity contribution in [3.63, 3.8) is 0 Å². The molecule has 0 aliphatic rings. The van der Waals surface area contributed by atoms with Crippen LogP contribution in [0.5, 0.6) is 0 Å². The van der Waals surface area contributed by atoms with Gasteiger partial charge in [0.2, 0.25) is 0 Å². The van der Waals surface area contributed by atoms with Crippen molar-refractivity contribution >= 4 is 36.4 Å². The van der Waals surface area contributed by atoms with E-state index < -0.39 is 10.0 Å². The normalized spacial score (nSPS) is 11.5. The van der Waals surface area contributed by atoms with Crippen LogP contribution in [0.4, 0.5) is 5.00 Å². The molecule has 0 aliphatic carbocycles. The number of anilines is 1. The summed E-state index contributed by atoms with van der Waals surface area (Å²) in [6.45, 7) is 0.234. The first-order valence-electron chi connectivity index (χ1n) is 8.10. The van der Waals surface area contributed by atoms with Crippen LogP contribution in [-0.4, -0.2) is 13.4 Å². The van der Waals surface area contributed by atoms with Crippen LogP contribution in [0.25, 0.3) is 10.1 Å². The molecule has 2 heterocycles. The van der Waals surface area contributed by atoms with Crippen LogP contribution in [0.2, 0.25) is 0 Å². The van der Waals surface area contributed by atoms with E-state index in [1.54, 1.807) is 36.7 Å². The molecular formula is C20H16N2O2S2. The minimum absolute atomic E-state index is 0.234. The molecule has 130 valence electrons. The van der Waals surface area contributed by atoms with Gasteiger partial charge in [-0.05, 0) is 41.3 Å². The van der Waals surface area contributed by atoms with Gasteiger partial charge >= 0.3 is 0 Å². The van der Waals surface area contributed by atoms with Gasteiger partial charge in [-0.2, -0.15) is 0 Å². The summed E-state index contributed by atoms with van der Waals surface area (Å²) < 4.78 is 29.2. The predicted octanol–water partition coefficient (Wildman–Crippen LogP) is 4.69. The second-order valence-corrected chi connectivity index (χ2v) is 8.73. The molecular weight excluding hydrogens is 364 g/mol. The van der Waals surface area contributed by atoms with Crippen molar-refractivity contribution in [2.24, 2.45) is 0 Å². The van der Waals surface area contributed by atoms with Crippen molar-refractivity contribution in [1.29, 1.82) is 0 Å². The van der Waals surface area contributed by atoms with Gasteiger partial charge in [0.05, 0.1) is 11.4 Å². The van der Waals surface area contributed by atoms with Crippen molar-refractivity contribution in [3.8, 4) is 0 Å². The fourth-order valence-electron chi connectivity index (χ4n) is 2.75. The second-order valence-electron chi connectivity index (χ2n) is 5.81. The third-order valence-corrected chi connectivity index (χ3v) is 7.07. The van der Waals surface area contributed by atoms with E-state index in [1.807, 2.05) is 48.5 Å². The summed E-state index contributed by atoms with van der Waals surface area (Å²) in [6.07, 6.45) is 3.37. The van der Waals surface area contributed by atoms with E-state index in [4.69, 9.17) is 0 Å². The molecule has 0 bridgehead atoms. The van der Waals surface area contributed by atoms with Crippen LogP contribution in [0.1, 0.15) is 5.56 Å². The van der Waals surface area contributed by atoms with Crippen LogP contribution < -0.4 is 4.31 Å². The lowest BCUT2D eigenvalue weighted by Gasteiger charge is -2.22. The summed E-state index contributed by atoms with van der Waals surface area (Å²) in [5.41, 5.74) is 0.837. The summed E-state index contributed by atoms with van der Waals surface area (Å²) in [7, 11) is -3.68. The number of hydrogen-bond acceptors (Lipinski definition) is 4. The zero-order chi connectivity index (χ0) is 18.0. The van der Waals surface area contributed by atoms with Crippen molar-refractivity contribution in [2.75, 3.05) is 4.31 Å². The number of rotatable bonds is 5. The van der Waals surface area contributed by atoms with Gasteiger partial charge in [0.1, 0.15) is 5.00 Å². The third kappa shape index (κ3) is 3.21.